The molecule has 0 spiro atoms. The van der Waals surface area contributed by atoms with Crippen molar-refractivity contribution in [1.29, 1.82) is 0 Å². The molecule has 0 amide bonds. The van der Waals surface area contributed by atoms with Crippen LogP contribution in [0, 0.1) is 0 Å². The molecule has 1 aromatic carbocycles. The Labute approximate surface area is 90.9 Å². The van der Waals surface area contributed by atoms with Crippen molar-refractivity contribution in [1.82, 2.24) is 0 Å². The maximum Gasteiger partial charge on any atom is 0.335 e. The zero-order chi connectivity index (χ0) is 11.6. The molecule has 0 aromatic heterocycles. The molecule has 0 unspecified atom stereocenters. The molecule has 2 nitrogen and oxygen atoms in total. The molecule has 1 N–H and O–H groups in total. The summed E-state index contributed by atoms with van der Waals surface area (Å²) in [5.74, 6) is -0.851. The molecule has 0 aliphatic rings. The lowest BCUT2D eigenvalue weighted by Crippen LogP contribution is -2.13. The SMILES string of the molecule is CCc1cc(C(=O)O)cc(C(C)(C)C)c1. The summed E-state index contributed by atoms with van der Waals surface area (Å²) in [6, 6.07) is 5.60. The van der Waals surface area contributed by atoms with Crippen molar-refractivity contribution < 1.29 is 9.90 Å². The molecule has 0 aliphatic carbocycles. The highest BCUT2D eigenvalue weighted by Gasteiger charge is 2.16. The van der Waals surface area contributed by atoms with Crippen molar-refractivity contribution >= 4 is 5.97 Å². The third-order valence-electron chi connectivity index (χ3n) is 2.51. The Kier molecular flexibility index (Phi) is 3.18. The van der Waals surface area contributed by atoms with Gasteiger partial charge in [-0.15, -0.1) is 0 Å². The summed E-state index contributed by atoms with van der Waals surface area (Å²) in [4.78, 5) is 10.9. The highest BCUT2D eigenvalue weighted by Crippen LogP contribution is 2.24. The maximum absolute atomic E-state index is 10.9. The Hall–Kier alpha value is -1.31. The largest absolute Gasteiger partial charge is 0.478 e. The third-order valence-corrected chi connectivity index (χ3v) is 2.51. The molecule has 0 heterocycles. The summed E-state index contributed by atoms with van der Waals surface area (Å²) in [5, 5.41) is 8.99. The Balaban J connectivity index is 3.30. The van der Waals surface area contributed by atoms with Gasteiger partial charge in [-0.1, -0.05) is 33.8 Å². The molecule has 0 saturated carbocycles. The van der Waals surface area contributed by atoms with Crippen molar-refractivity contribution in [3.05, 3.63) is 34.9 Å². The van der Waals surface area contributed by atoms with Crippen molar-refractivity contribution in [2.24, 2.45) is 0 Å². The molecule has 0 fully saturated rings. The summed E-state index contributed by atoms with van der Waals surface area (Å²) in [7, 11) is 0. The Morgan fingerprint density at radius 1 is 1.27 bits per heavy atom. The van der Waals surface area contributed by atoms with E-state index in [4.69, 9.17) is 5.11 Å². The maximum atomic E-state index is 10.9. The molecule has 15 heavy (non-hydrogen) atoms. The molecule has 82 valence electrons. The van der Waals surface area contributed by atoms with E-state index in [1.165, 1.54) is 0 Å². The van der Waals surface area contributed by atoms with Gasteiger partial charge in [0.2, 0.25) is 0 Å². The highest BCUT2D eigenvalue weighted by atomic mass is 16.4. The van der Waals surface area contributed by atoms with Gasteiger partial charge in [0.05, 0.1) is 5.56 Å². The van der Waals surface area contributed by atoms with Gasteiger partial charge >= 0.3 is 5.97 Å². The van der Waals surface area contributed by atoms with Crippen molar-refractivity contribution in [2.45, 2.75) is 39.5 Å². The molecular formula is C13H18O2. The second-order valence-electron chi connectivity index (χ2n) is 4.83. The Morgan fingerprint density at radius 3 is 2.27 bits per heavy atom. The fraction of sp³-hybridized carbons (Fsp3) is 0.462. The second-order valence-corrected chi connectivity index (χ2v) is 4.83. The van der Waals surface area contributed by atoms with Crippen LogP contribution in [0.5, 0.6) is 0 Å². The van der Waals surface area contributed by atoms with Crippen LogP contribution in [0.3, 0.4) is 0 Å². The standard InChI is InChI=1S/C13H18O2/c1-5-9-6-10(12(14)15)8-11(7-9)13(2,3)4/h6-8H,5H2,1-4H3,(H,14,15). The molecule has 0 radical (unpaired) electrons. The average Bonchev–Trinajstić information content (AvgIpc) is 2.15. The predicted octanol–water partition coefficient (Wildman–Crippen LogP) is 3.24. The lowest BCUT2D eigenvalue weighted by molar-refractivity contribution is 0.0696. The summed E-state index contributed by atoms with van der Waals surface area (Å²) in [6.07, 6.45) is 0.865. The van der Waals surface area contributed by atoms with Crippen LogP contribution in [0.4, 0.5) is 0 Å². The minimum Gasteiger partial charge on any atom is -0.478 e. The van der Waals surface area contributed by atoms with Gasteiger partial charge in [0.25, 0.3) is 0 Å². The number of benzene rings is 1. The van der Waals surface area contributed by atoms with Gasteiger partial charge in [0, 0.05) is 0 Å². The van der Waals surface area contributed by atoms with E-state index in [2.05, 4.69) is 26.8 Å². The number of carbonyl (C=O) groups is 1. The predicted molar refractivity (Wildman–Crippen MR) is 61.5 cm³/mol. The number of rotatable bonds is 2. The molecular weight excluding hydrogens is 188 g/mol. The summed E-state index contributed by atoms with van der Waals surface area (Å²) in [6.45, 7) is 8.31. The first-order chi connectivity index (χ1) is 6.84. The first-order valence-corrected chi connectivity index (χ1v) is 5.22. The van der Waals surface area contributed by atoms with Gasteiger partial charge in [0.1, 0.15) is 0 Å². The van der Waals surface area contributed by atoms with E-state index in [0.717, 1.165) is 17.5 Å². The van der Waals surface area contributed by atoms with Crippen LogP contribution in [0.25, 0.3) is 0 Å². The van der Waals surface area contributed by atoms with Crippen LogP contribution in [-0.4, -0.2) is 11.1 Å². The van der Waals surface area contributed by atoms with E-state index in [-0.39, 0.29) is 5.41 Å². The van der Waals surface area contributed by atoms with Gasteiger partial charge in [-0.2, -0.15) is 0 Å². The van der Waals surface area contributed by atoms with Crippen molar-refractivity contribution in [3.8, 4) is 0 Å². The molecule has 2 heteroatoms. The van der Waals surface area contributed by atoms with Crippen molar-refractivity contribution in [3.63, 3.8) is 0 Å². The molecule has 0 saturated heterocycles. The van der Waals surface area contributed by atoms with Crippen LogP contribution in [0.1, 0.15) is 49.2 Å². The van der Waals surface area contributed by atoms with Gasteiger partial charge in [-0.05, 0) is 35.1 Å². The van der Waals surface area contributed by atoms with Crippen LogP contribution >= 0.6 is 0 Å². The fourth-order valence-corrected chi connectivity index (χ4v) is 1.45. The normalized spacial score (nSPS) is 11.5. The quantitative estimate of drug-likeness (QED) is 0.806. The molecule has 0 bridgehead atoms. The van der Waals surface area contributed by atoms with Crippen LogP contribution < -0.4 is 0 Å². The summed E-state index contributed by atoms with van der Waals surface area (Å²) >= 11 is 0. The van der Waals surface area contributed by atoms with Crippen LogP contribution in [0.15, 0.2) is 18.2 Å². The van der Waals surface area contributed by atoms with Crippen LogP contribution in [0.2, 0.25) is 0 Å². The minimum absolute atomic E-state index is 0.00458. The zero-order valence-corrected chi connectivity index (χ0v) is 9.79. The van der Waals surface area contributed by atoms with Gasteiger partial charge in [0.15, 0.2) is 0 Å². The van der Waals surface area contributed by atoms with Crippen LogP contribution in [-0.2, 0) is 11.8 Å². The number of carboxylic acid groups (broad SMARTS) is 1. The number of carboxylic acids is 1. The van der Waals surface area contributed by atoms with Crippen molar-refractivity contribution in [2.75, 3.05) is 0 Å². The van der Waals surface area contributed by atoms with E-state index in [1.807, 2.05) is 6.92 Å². The second kappa shape index (κ2) is 4.05. The average molecular weight is 206 g/mol. The van der Waals surface area contributed by atoms with E-state index in [9.17, 15) is 4.79 Å². The topological polar surface area (TPSA) is 37.3 Å². The first-order valence-electron chi connectivity index (χ1n) is 5.22. The summed E-state index contributed by atoms with van der Waals surface area (Å²) < 4.78 is 0. The zero-order valence-electron chi connectivity index (χ0n) is 9.79. The fourth-order valence-electron chi connectivity index (χ4n) is 1.45. The molecule has 0 aliphatic heterocycles. The number of aromatic carboxylic acids is 1. The minimum atomic E-state index is -0.851. The Morgan fingerprint density at radius 2 is 1.87 bits per heavy atom. The first kappa shape index (κ1) is 11.8. The molecule has 1 aromatic rings. The van der Waals surface area contributed by atoms with Gasteiger partial charge in [-0.3, -0.25) is 0 Å². The highest BCUT2D eigenvalue weighted by molar-refractivity contribution is 5.88. The number of hydrogen-bond acceptors (Lipinski definition) is 1. The summed E-state index contributed by atoms with van der Waals surface area (Å²) in [5.41, 5.74) is 2.55. The number of aryl methyl sites for hydroxylation is 1. The van der Waals surface area contributed by atoms with E-state index >= 15 is 0 Å². The number of hydrogen-bond donors (Lipinski definition) is 1. The Bertz CT molecular complexity index is 373. The molecule has 0 atom stereocenters. The van der Waals surface area contributed by atoms with E-state index < -0.39 is 5.97 Å². The lowest BCUT2D eigenvalue weighted by atomic mass is 9.85. The third kappa shape index (κ3) is 2.82. The smallest absolute Gasteiger partial charge is 0.335 e. The monoisotopic (exact) mass is 206 g/mol. The van der Waals surface area contributed by atoms with E-state index in [0.29, 0.717) is 5.56 Å². The van der Waals surface area contributed by atoms with Gasteiger partial charge in [-0.25, -0.2) is 4.79 Å². The van der Waals surface area contributed by atoms with E-state index in [1.54, 1.807) is 12.1 Å². The van der Waals surface area contributed by atoms with Gasteiger partial charge < -0.3 is 5.11 Å². The lowest BCUT2D eigenvalue weighted by Gasteiger charge is -2.20. The molecule has 1 rings (SSSR count).